The van der Waals surface area contributed by atoms with E-state index >= 15 is 0 Å². The second kappa shape index (κ2) is 5.57. The van der Waals surface area contributed by atoms with Gasteiger partial charge >= 0.3 is 0 Å². The van der Waals surface area contributed by atoms with Crippen molar-refractivity contribution in [2.45, 2.75) is 18.9 Å². The lowest BCUT2D eigenvalue weighted by Gasteiger charge is -2.27. The molecule has 0 heterocycles. The molecule has 3 aromatic rings. The van der Waals surface area contributed by atoms with E-state index in [1.54, 1.807) is 6.07 Å². The third kappa shape index (κ3) is 2.28. The van der Waals surface area contributed by atoms with Gasteiger partial charge in [-0.3, -0.25) is 4.79 Å². The summed E-state index contributed by atoms with van der Waals surface area (Å²) in [5.41, 5.74) is 10.4. The average molecular weight is 329 g/mol. The molecule has 3 nitrogen and oxygen atoms in total. The molecule has 124 valence electrons. The van der Waals surface area contributed by atoms with Gasteiger partial charge in [-0.1, -0.05) is 60.7 Å². The Morgan fingerprint density at radius 2 is 1.48 bits per heavy atom. The fourth-order valence-electron chi connectivity index (χ4n) is 3.92. The first kappa shape index (κ1) is 15.6. The highest BCUT2D eigenvalue weighted by Gasteiger charge is 2.42. The van der Waals surface area contributed by atoms with E-state index < -0.39 is 11.5 Å². The van der Waals surface area contributed by atoms with E-state index in [1.165, 1.54) is 0 Å². The number of aliphatic hydroxyl groups is 1. The highest BCUT2D eigenvalue weighted by molar-refractivity contribution is 5.95. The summed E-state index contributed by atoms with van der Waals surface area (Å²) >= 11 is 0. The van der Waals surface area contributed by atoms with Crippen LogP contribution < -0.4 is 5.73 Å². The molecule has 3 heteroatoms. The summed E-state index contributed by atoms with van der Waals surface area (Å²) in [6.07, 6.45) is 0.311. The molecule has 1 aliphatic carbocycles. The van der Waals surface area contributed by atoms with Gasteiger partial charge in [0.1, 0.15) is 5.60 Å². The number of fused-ring (bicyclic) bond motifs is 3. The normalized spacial score (nSPS) is 14.0. The Bertz CT molecular complexity index is 945. The standard InChI is InChI=1S/C22H19NO2/c1-14-7-6-10-17(21(23)24)18(14)13-22(25)19-11-4-2-8-15(19)16-9-3-5-12-20(16)22/h2-12,25H,13H2,1H3,(H2,23,24). The van der Waals surface area contributed by atoms with E-state index in [9.17, 15) is 9.90 Å². The van der Waals surface area contributed by atoms with Gasteiger partial charge in [-0.05, 0) is 46.4 Å². The molecule has 0 atom stereocenters. The second-order valence-corrected chi connectivity index (χ2v) is 6.59. The molecule has 0 bridgehead atoms. The fourth-order valence-corrected chi connectivity index (χ4v) is 3.92. The average Bonchev–Trinajstić information content (AvgIpc) is 2.87. The maximum atomic E-state index is 11.9. The van der Waals surface area contributed by atoms with Gasteiger partial charge in [0.25, 0.3) is 0 Å². The van der Waals surface area contributed by atoms with Crippen LogP contribution in [0.25, 0.3) is 11.1 Å². The van der Waals surface area contributed by atoms with Gasteiger partial charge in [0.2, 0.25) is 5.91 Å². The van der Waals surface area contributed by atoms with E-state index in [-0.39, 0.29) is 0 Å². The Labute approximate surface area is 146 Å². The lowest BCUT2D eigenvalue weighted by atomic mass is 9.82. The van der Waals surface area contributed by atoms with Crippen molar-refractivity contribution < 1.29 is 9.90 Å². The Hall–Kier alpha value is -2.91. The maximum Gasteiger partial charge on any atom is 0.248 e. The molecule has 0 aromatic heterocycles. The molecule has 4 rings (SSSR count). The van der Waals surface area contributed by atoms with E-state index in [0.29, 0.717) is 12.0 Å². The monoisotopic (exact) mass is 329 g/mol. The SMILES string of the molecule is Cc1cccc(C(N)=O)c1CC1(O)c2ccccc2-c2ccccc21. The van der Waals surface area contributed by atoms with Crippen LogP contribution in [0.2, 0.25) is 0 Å². The van der Waals surface area contributed by atoms with Crippen LogP contribution in [0.1, 0.15) is 32.6 Å². The molecule has 0 saturated heterocycles. The molecule has 1 aliphatic rings. The van der Waals surface area contributed by atoms with Crippen molar-refractivity contribution in [1.29, 1.82) is 0 Å². The number of hydrogen-bond donors (Lipinski definition) is 2. The molecular weight excluding hydrogens is 310 g/mol. The number of amides is 1. The molecule has 0 fully saturated rings. The summed E-state index contributed by atoms with van der Waals surface area (Å²) < 4.78 is 0. The van der Waals surface area contributed by atoms with Crippen LogP contribution in [0.3, 0.4) is 0 Å². The predicted octanol–water partition coefficient (Wildman–Crippen LogP) is 3.55. The molecule has 1 amide bonds. The minimum absolute atomic E-state index is 0.311. The predicted molar refractivity (Wildman–Crippen MR) is 98.3 cm³/mol. The van der Waals surface area contributed by atoms with E-state index in [2.05, 4.69) is 0 Å². The van der Waals surface area contributed by atoms with Crippen molar-refractivity contribution in [2.75, 3.05) is 0 Å². The number of benzene rings is 3. The van der Waals surface area contributed by atoms with Crippen LogP contribution in [-0.2, 0) is 12.0 Å². The third-order valence-electron chi connectivity index (χ3n) is 5.14. The molecule has 0 saturated carbocycles. The minimum Gasteiger partial charge on any atom is -0.380 e. The summed E-state index contributed by atoms with van der Waals surface area (Å²) in [4.78, 5) is 11.9. The van der Waals surface area contributed by atoms with Crippen molar-refractivity contribution in [3.63, 3.8) is 0 Å². The number of primary amides is 1. The van der Waals surface area contributed by atoms with Crippen LogP contribution >= 0.6 is 0 Å². The lowest BCUT2D eigenvalue weighted by Crippen LogP contribution is -2.29. The van der Waals surface area contributed by atoms with Crippen LogP contribution in [0.15, 0.2) is 66.7 Å². The van der Waals surface area contributed by atoms with E-state index in [0.717, 1.165) is 33.4 Å². The van der Waals surface area contributed by atoms with Crippen LogP contribution in [0, 0.1) is 6.92 Å². The Balaban J connectivity index is 1.94. The minimum atomic E-state index is -1.18. The molecule has 25 heavy (non-hydrogen) atoms. The first-order valence-electron chi connectivity index (χ1n) is 8.32. The molecular formula is C22H19NO2. The molecule has 0 unspecified atom stereocenters. The third-order valence-corrected chi connectivity index (χ3v) is 5.14. The topological polar surface area (TPSA) is 63.3 Å². The summed E-state index contributed by atoms with van der Waals surface area (Å²) in [5, 5.41) is 11.7. The summed E-state index contributed by atoms with van der Waals surface area (Å²) in [7, 11) is 0. The zero-order chi connectivity index (χ0) is 17.6. The molecule has 0 spiro atoms. The molecule has 3 N–H and O–H groups in total. The number of hydrogen-bond acceptors (Lipinski definition) is 2. The van der Waals surface area contributed by atoms with Crippen molar-refractivity contribution >= 4 is 5.91 Å². The number of carbonyl (C=O) groups is 1. The van der Waals surface area contributed by atoms with Gasteiger partial charge in [-0.25, -0.2) is 0 Å². The van der Waals surface area contributed by atoms with Gasteiger partial charge in [0.15, 0.2) is 0 Å². The summed E-state index contributed by atoms with van der Waals surface area (Å²) in [6, 6.07) is 21.3. The highest BCUT2D eigenvalue weighted by atomic mass is 16.3. The van der Waals surface area contributed by atoms with Crippen molar-refractivity contribution in [3.05, 3.63) is 94.5 Å². The number of rotatable bonds is 3. The Morgan fingerprint density at radius 3 is 2.04 bits per heavy atom. The van der Waals surface area contributed by atoms with Crippen molar-refractivity contribution in [1.82, 2.24) is 0 Å². The maximum absolute atomic E-state index is 11.9. The molecule has 0 radical (unpaired) electrons. The van der Waals surface area contributed by atoms with E-state index in [4.69, 9.17) is 5.73 Å². The highest BCUT2D eigenvalue weighted by Crippen LogP contribution is 2.49. The van der Waals surface area contributed by atoms with Crippen molar-refractivity contribution in [3.8, 4) is 11.1 Å². The Kier molecular flexibility index (Phi) is 3.48. The summed E-state index contributed by atoms with van der Waals surface area (Å²) in [6.45, 7) is 1.94. The molecule has 3 aromatic carbocycles. The summed E-state index contributed by atoms with van der Waals surface area (Å²) in [5.74, 6) is -0.470. The van der Waals surface area contributed by atoms with Gasteiger partial charge in [0, 0.05) is 12.0 Å². The Morgan fingerprint density at radius 1 is 0.920 bits per heavy atom. The number of carbonyl (C=O) groups excluding carboxylic acids is 1. The van der Waals surface area contributed by atoms with Gasteiger partial charge in [0.05, 0.1) is 0 Å². The van der Waals surface area contributed by atoms with Gasteiger partial charge in [-0.2, -0.15) is 0 Å². The van der Waals surface area contributed by atoms with Crippen LogP contribution in [0.4, 0.5) is 0 Å². The quantitative estimate of drug-likeness (QED) is 0.772. The number of nitrogens with two attached hydrogens (primary N) is 1. The second-order valence-electron chi connectivity index (χ2n) is 6.59. The largest absolute Gasteiger partial charge is 0.380 e. The van der Waals surface area contributed by atoms with Crippen LogP contribution in [0.5, 0.6) is 0 Å². The lowest BCUT2D eigenvalue weighted by molar-refractivity contribution is 0.0851. The zero-order valence-electron chi connectivity index (χ0n) is 14.0. The zero-order valence-corrected chi connectivity index (χ0v) is 14.0. The van der Waals surface area contributed by atoms with E-state index in [1.807, 2.05) is 67.6 Å². The smallest absolute Gasteiger partial charge is 0.248 e. The van der Waals surface area contributed by atoms with Gasteiger partial charge < -0.3 is 10.8 Å². The first-order valence-corrected chi connectivity index (χ1v) is 8.32. The number of aryl methyl sites for hydroxylation is 1. The first-order chi connectivity index (χ1) is 12.0. The van der Waals surface area contributed by atoms with Gasteiger partial charge in [-0.15, -0.1) is 0 Å². The molecule has 0 aliphatic heterocycles. The van der Waals surface area contributed by atoms with Crippen LogP contribution in [-0.4, -0.2) is 11.0 Å². The fraction of sp³-hybridized carbons (Fsp3) is 0.136. The van der Waals surface area contributed by atoms with Crippen molar-refractivity contribution in [2.24, 2.45) is 5.73 Å².